The van der Waals surface area contributed by atoms with Crippen molar-refractivity contribution in [1.29, 1.82) is 0 Å². The number of phenolic OH excluding ortho intramolecular Hbond substituents is 1. The smallest absolute Gasteiger partial charge is 0.356 e. The molecule has 0 amide bonds. The Morgan fingerprint density at radius 3 is 2.90 bits per heavy atom. The molecule has 2 heterocycles. The van der Waals surface area contributed by atoms with E-state index in [4.69, 9.17) is 0 Å². The van der Waals surface area contributed by atoms with Crippen molar-refractivity contribution in [2.45, 2.75) is 25.5 Å². The minimum Gasteiger partial charge on any atom is -0.508 e. The number of aliphatic hydroxyl groups excluding tert-OH is 1. The van der Waals surface area contributed by atoms with Gasteiger partial charge >= 0.3 is 5.97 Å². The van der Waals surface area contributed by atoms with Gasteiger partial charge in [0.25, 0.3) is 0 Å². The average Bonchev–Trinajstić information content (AvgIpc) is 2.80. The zero-order valence-electron chi connectivity index (χ0n) is 10.7. The fourth-order valence-corrected chi connectivity index (χ4v) is 2.63. The maximum absolute atomic E-state index is 11.3. The number of fused-ring (bicyclic) bond motifs is 1. The molecule has 1 aromatic heterocycles. The highest BCUT2D eigenvalue weighted by Crippen LogP contribution is 2.33. The molecule has 3 N–H and O–H groups in total. The third-order valence-electron chi connectivity index (χ3n) is 3.49. The second-order valence-electron chi connectivity index (χ2n) is 4.83. The van der Waals surface area contributed by atoms with Crippen LogP contribution in [0.4, 0.5) is 0 Å². The molecule has 0 saturated heterocycles. The molecule has 2 aromatic rings. The zero-order valence-corrected chi connectivity index (χ0v) is 10.7. The molecule has 0 fully saturated rings. The molecule has 1 unspecified atom stereocenters. The van der Waals surface area contributed by atoms with E-state index in [1.54, 1.807) is 16.7 Å². The van der Waals surface area contributed by atoms with Gasteiger partial charge in [-0.2, -0.15) is 0 Å². The van der Waals surface area contributed by atoms with Gasteiger partial charge in [0.1, 0.15) is 17.8 Å². The highest BCUT2D eigenvalue weighted by molar-refractivity contribution is 5.88. The molecule has 1 aromatic carbocycles. The molecule has 0 aliphatic carbocycles. The maximum atomic E-state index is 11.3. The number of aromatic carboxylic acids is 1. The monoisotopic (exact) mass is 274 g/mol. The second kappa shape index (κ2) is 4.64. The van der Waals surface area contributed by atoms with Crippen molar-refractivity contribution in [3.05, 3.63) is 35.7 Å². The largest absolute Gasteiger partial charge is 0.508 e. The van der Waals surface area contributed by atoms with Crippen molar-refractivity contribution < 1.29 is 20.1 Å². The molecule has 1 aliphatic heterocycles. The van der Waals surface area contributed by atoms with E-state index in [-0.39, 0.29) is 11.4 Å². The van der Waals surface area contributed by atoms with Gasteiger partial charge in [0.15, 0.2) is 5.69 Å². The van der Waals surface area contributed by atoms with E-state index in [1.165, 1.54) is 12.1 Å². The van der Waals surface area contributed by atoms with Crippen molar-refractivity contribution >= 4 is 5.97 Å². The lowest BCUT2D eigenvalue weighted by Crippen LogP contribution is -2.19. The Labute approximate surface area is 114 Å². The van der Waals surface area contributed by atoms with Gasteiger partial charge in [-0.3, -0.25) is 0 Å². The third kappa shape index (κ3) is 1.94. The van der Waals surface area contributed by atoms with Gasteiger partial charge in [0, 0.05) is 5.56 Å². The number of benzene rings is 1. The van der Waals surface area contributed by atoms with Gasteiger partial charge < -0.3 is 19.9 Å². The molecule has 0 saturated carbocycles. The van der Waals surface area contributed by atoms with E-state index in [2.05, 4.69) is 4.98 Å². The van der Waals surface area contributed by atoms with Gasteiger partial charge in [-0.25, -0.2) is 9.78 Å². The van der Waals surface area contributed by atoms with Crippen LogP contribution in [0.5, 0.6) is 5.75 Å². The highest BCUT2D eigenvalue weighted by atomic mass is 16.4. The van der Waals surface area contributed by atoms with Crippen LogP contribution in [0.25, 0.3) is 11.4 Å². The fraction of sp³-hybridized carbons (Fsp3) is 0.286. The van der Waals surface area contributed by atoms with Crippen LogP contribution < -0.4 is 0 Å². The molecule has 0 bridgehead atoms. The molecule has 3 rings (SSSR count). The van der Waals surface area contributed by atoms with Crippen molar-refractivity contribution in [2.24, 2.45) is 0 Å². The molecule has 6 nitrogen and oxygen atoms in total. The van der Waals surface area contributed by atoms with E-state index in [0.717, 1.165) is 6.42 Å². The number of aliphatic hydroxyl groups is 1. The normalized spacial score (nSPS) is 17.8. The van der Waals surface area contributed by atoms with Crippen molar-refractivity contribution in [3.8, 4) is 17.1 Å². The van der Waals surface area contributed by atoms with Crippen LogP contribution in [-0.4, -0.2) is 30.8 Å². The highest BCUT2D eigenvalue weighted by Gasteiger charge is 2.28. The summed E-state index contributed by atoms with van der Waals surface area (Å²) in [6, 6.07) is 6.41. The lowest BCUT2D eigenvalue weighted by atomic mass is 10.1. The molecule has 20 heavy (non-hydrogen) atoms. The van der Waals surface area contributed by atoms with E-state index in [9.17, 15) is 20.1 Å². The molecule has 0 radical (unpaired) electrons. The van der Waals surface area contributed by atoms with Gasteiger partial charge in [-0.15, -0.1) is 0 Å². The number of nitrogens with zero attached hydrogens (tertiary/aromatic N) is 2. The number of phenols is 1. The summed E-state index contributed by atoms with van der Waals surface area (Å²) >= 11 is 0. The van der Waals surface area contributed by atoms with Gasteiger partial charge in [0.05, 0.1) is 5.69 Å². The molecular formula is C14H14N2O4. The first-order chi connectivity index (χ1) is 9.58. The number of carboxylic acid groups (broad SMARTS) is 1. The van der Waals surface area contributed by atoms with Crippen molar-refractivity contribution in [2.75, 3.05) is 0 Å². The minimum absolute atomic E-state index is 0.0258. The molecular weight excluding hydrogens is 260 g/mol. The Balaban J connectivity index is 2.23. The number of hydrogen-bond donors (Lipinski definition) is 3. The van der Waals surface area contributed by atoms with E-state index in [0.29, 0.717) is 29.9 Å². The fourth-order valence-electron chi connectivity index (χ4n) is 2.63. The topological polar surface area (TPSA) is 95.6 Å². The summed E-state index contributed by atoms with van der Waals surface area (Å²) in [5.74, 6) is -0.656. The SMILES string of the molecule is O=C(O)c1nc(-c2cccc(O)c2)n2c1CCCC2O. The van der Waals surface area contributed by atoms with Crippen LogP contribution in [0, 0.1) is 0 Å². The average molecular weight is 274 g/mol. The molecule has 6 heteroatoms. The predicted molar refractivity (Wildman–Crippen MR) is 70.5 cm³/mol. The van der Waals surface area contributed by atoms with Crippen LogP contribution >= 0.6 is 0 Å². The summed E-state index contributed by atoms with van der Waals surface area (Å²) < 4.78 is 1.56. The van der Waals surface area contributed by atoms with Crippen LogP contribution in [0.3, 0.4) is 0 Å². The number of aromatic nitrogens is 2. The quantitative estimate of drug-likeness (QED) is 0.775. The summed E-state index contributed by atoms with van der Waals surface area (Å²) in [7, 11) is 0. The number of hydrogen-bond acceptors (Lipinski definition) is 4. The lowest BCUT2D eigenvalue weighted by Gasteiger charge is -2.23. The summed E-state index contributed by atoms with van der Waals surface area (Å²) in [6.07, 6.45) is 1.09. The number of carbonyl (C=O) groups is 1. The van der Waals surface area contributed by atoms with Gasteiger partial charge in [-0.1, -0.05) is 12.1 Å². The first-order valence-electron chi connectivity index (χ1n) is 6.40. The Bertz CT molecular complexity index is 678. The molecule has 0 spiro atoms. The predicted octanol–water partition coefficient (Wildman–Crippen LogP) is 1.78. The van der Waals surface area contributed by atoms with E-state index in [1.807, 2.05) is 0 Å². The number of aromatic hydroxyl groups is 1. The standard InChI is InChI=1S/C14H14N2O4/c17-9-4-1-3-8(7-9)13-15-12(14(19)20)10-5-2-6-11(18)16(10)13/h1,3-4,7,11,17-18H,2,5-6H2,(H,19,20). The number of rotatable bonds is 2. The van der Waals surface area contributed by atoms with Crippen LogP contribution in [0.1, 0.15) is 35.3 Å². The van der Waals surface area contributed by atoms with E-state index >= 15 is 0 Å². The van der Waals surface area contributed by atoms with E-state index < -0.39 is 12.2 Å². The summed E-state index contributed by atoms with van der Waals surface area (Å²) in [6.45, 7) is 0. The Morgan fingerprint density at radius 1 is 1.40 bits per heavy atom. The number of carboxylic acids is 1. The van der Waals surface area contributed by atoms with Crippen LogP contribution in [-0.2, 0) is 6.42 Å². The van der Waals surface area contributed by atoms with Crippen molar-refractivity contribution in [3.63, 3.8) is 0 Å². The second-order valence-corrected chi connectivity index (χ2v) is 4.83. The maximum Gasteiger partial charge on any atom is 0.356 e. The summed E-state index contributed by atoms with van der Waals surface area (Å²) in [4.78, 5) is 15.4. The Hall–Kier alpha value is -2.34. The Kier molecular flexibility index (Phi) is 2.94. The number of imidazole rings is 1. The lowest BCUT2D eigenvalue weighted by molar-refractivity contribution is 0.0678. The van der Waals surface area contributed by atoms with Gasteiger partial charge in [-0.05, 0) is 31.4 Å². The summed E-state index contributed by atoms with van der Waals surface area (Å²) in [5.41, 5.74) is 1.09. The summed E-state index contributed by atoms with van der Waals surface area (Å²) in [5, 5.41) is 28.9. The zero-order chi connectivity index (χ0) is 14.3. The minimum atomic E-state index is -1.10. The van der Waals surface area contributed by atoms with Crippen LogP contribution in [0.15, 0.2) is 24.3 Å². The Morgan fingerprint density at radius 2 is 2.20 bits per heavy atom. The van der Waals surface area contributed by atoms with Gasteiger partial charge in [0.2, 0.25) is 0 Å². The first kappa shape index (κ1) is 12.7. The first-order valence-corrected chi connectivity index (χ1v) is 6.40. The van der Waals surface area contributed by atoms with Crippen LogP contribution in [0.2, 0.25) is 0 Å². The molecule has 1 atom stereocenters. The molecule has 1 aliphatic rings. The third-order valence-corrected chi connectivity index (χ3v) is 3.49. The molecule has 104 valence electrons. The van der Waals surface area contributed by atoms with Crippen molar-refractivity contribution in [1.82, 2.24) is 9.55 Å².